The molecule has 30 heavy (non-hydrogen) atoms. The number of nitrogens with one attached hydrogen (secondary N) is 3. The fourth-order valence-corrected chi connectivity index (χ4v) is 2.14. The number of benzene rings is 2. The zero-order valence-electron chi connectivity index (χ0n) is 16.6. The van der Waals surface area contributed by atoms with Gasteiger partial charge in [-0.3, -0.25) is 14.4 Å². The molecule has 2 aromatic carbocycles. The molecule has 0 fully saturated rings. The zero-order valence-corrected chi connectivity index (χ0v) is 16.6. The van der Waals surface area contributed by atoms with Gasteiger partial charge in [0.15, 0.2) is 6.61 Å². The molecular weight excluding hydrogens is 391 g/mol. The second kappa shape index (κ2) is 11.3. The molecule has 0 aliphatic rings. The third-order valence-corrected chi connectivity index (χ3v) is 3.95. The molecule has 2 aromatic rings. The first kappa shape index (κ1) is 22.5. The Morgan fingerprint density at radius 1 is 1.07 bits per heavy atom. The number of rotatable bonds is 8. The van der Waals surface area contributed by atoms with Crippen molar-refractivity contribution in [3.8, 4) is 5.75 Å². The maximum atomic E-state index is 12.9. The summed E-state index contributed by atoms with van der Waals surface area (Å²) in [4.78, 5) is 35.1. The van der Waals surface area contributed by atoms with E-state index in [1.807, 2.05) is 6.92 Å². The highest BCUT2D eigenvalue weighted by molar-refractivity contribution is 6.35. The van der Waals surface area contributed by atoms with E-state index in [0.717, 1.165) is 0 Å². The van der Waals surface area contributed by atoms with Crippen LogP contribution in [0.1, 0.15) is 25.8 Å². The summed E-state index contributed by atoms with van der Waals surface area (Å²) in [6, 6.07) is 11.9. The summed E-state index contributed by atoms with van der Waals surface area (Å²) in [5.41, 5.74) is 3.27. The number of nitrogens with zero attached hydrogens (tertiary/aromatic N) is 1. The van der Waals surface area contributed by atoms with E-state index in [0.29, 0.717) is 23.4 Å². The van der Waals surface area contributed by atoms with Gasteiger partial charge >= 0.3 is 11.8 Å². The Morgan fingerprint density at radius 3 is 2.37 bits per heavy atom. The first-order valence-electron chi connectivity index (χ1n) is 9.29. The smallest absolute Gasteiger partial charge is 0.329 e. The molecule has 0 aliphatic carbocycles. The molecule has 0 heterocycles. The van der Waals surface area contributed by atoms with Gasteiger partial charge in [0.1, 0.15) is 11.6 Å². The lowest BCUT2D eigenvalue weighted by Crippen LogP contribution is -2.41. The van der Waals surface area contributed by atoms with Crippen LogP contribution in [-0.2, 0) is 14.4 Å². The van der Waals surface area contributed by atoms with Crippen LogP contribution >= 0.6 is 0 Å². The SMILES string of the molecule is CC[C@H](C)NC(=O)C(=O)N/N=C\c1ccc(OCC(=O)Nc2ccc(F)cc2)cc1. The highest BCUT2D eigenvalue weighted by Gasteiger charge is 2.14. The topological polar surface area (TPSA) is 109 Å². The molecule has 0 saturated heterocycles. The van der Waals surface area contributed by atoms with E-state index in [1.54, 1.807) is 31.2 Å². The molecule has 0 aromatic heterocycles. The first-order valence-corrected chi connectivity index (χ1v) is 9.29. The van der Waals surface area contributed by atoms with Crippen molar-refractivity contribution in [2.45, 2.75) is 26.3 Å². The second-order valence-electron chi connectivity index (χ2n) is 6.39. The third-order valence-electron chi connectivity index (χ3n) is 3.95. The number of amides is 3. The molecule has 0 radical (unpaired) electrons. The number of carbonyl (C=O) groups is 3. The summed E-state index contributed by atoms with van der Waals surface area (Å²) in [5, 5.41) is 8.86. The van der Waals surface area contributed by atoms with Gasteiger partial charge in [-0.25, -0.2) is 9.82 Å². The molecule has 2 rings (SSSR count). The van der Waals surface area contributed by atoms with Gasteiger partial charge < -0.3 is 15.4 Å². The van der Waals surface area contributed by atoms with Gasteiger partial charge in [-0.1, -0.05) is 6.92 Å². The molecule has 8 nitrogen and oxygen atoms in total. The second-order valence-corrected chi connectivity index (χ2v) is 6.39. The van der Waals surface area contributed by atoms with Crippen molar-refractivity contribution in [2.75, 3.05) is 11.9 Å². The van der Waals surface area contributed by atoms with E-state index in [9.17, 15) is 18.8 Å². The van der Waals surface area contributed by atoms with Gasteiger partial charge in [0.25, 0.3) is 5.91 Å². The van der Waals surface area contributed by atoms with Crippen molar-refractivity contribution < 1.29 is 23.5 Å². The predicted molar refractivity (Wildman–Crippen MR) is 111 cm³/mol. The summed E-state index contributed by atoms with van der Waals surface area (Å²) in [5.74, 6) is -1.91. The Balaban J connectivity index is 1.76. The maximum Gasteiger partial charge on any atom is 0.329 e. The largest absolute Gasteiger partial charge is 0.484 e. The number of hydrogen-bond donors (Lipinski definition) is 3. The van der Waals surface area contributed by atoms with Gasteiger partial charge in [0, 0.05) is 11.7 Å². The lowest BCUT2D eigenvalue weighted by Gasteiger charge is -2.09. The van der Waals surface area contributed by atoms with Crippen LogP contribution in [0.2, 0.25) is 0 Å². The quantitative estimate of drug-likeness (QED) is 0.350. The molecule has 3 amide bonds. The number of anilines is 1. The lowest BCUT2D eigenvalue weighted by atomic mass is 10.2. The fourth-order valence-electron chi connectivity index (χ4n) is 2.14. The molecule has 9 heteroatoms. The van der Waals surface area contributed by atoms with Crippen LogP contribution in [0.25, 0.3) is 0 Å². The Morgan fingerprint density at radius 2 is 1.73 bits per heavy atom. The summed E-state index contributed by atoms with van der Waals surface area (Å²) in [7, 11) is 0. The van der Waals surface area contributed by atoms with Crippen molar-refractivity contribution >= 4 is 29.6 Å². The molecule has 3 N–H and O–H groups in total. The van der Waals surface area contributed by atoms with Gasteiger partial charge in [0.05, 0.1) is 6.21 Å². The molecule has 158 valence electrons. The van der Waals surface area contributed by atoms with Gasteiger partial charge in [-0.05, 0) is 67.4 Å². The average Bonchev–Trinajstić information content (AvgIpc) is 2.74. The number of ether oxygens (including phenoxy) is 1. The van der Waals surface area contributed by atoms with Crippen LogP contribution in [0.3, 0.4) is 0 Å². The molecule has 0 unspecified atom stereocenters. The Labute approximate surface area is 173 Å². The van der Waals surface area contributed by atoms with Crippen LogP contribution < -0.4 is 20.8 Å². The van der Waals surface area contributed by atoms with Crippen molar-refractivity contribution in [1.82, 2.24) is 10.7 Å². The molecule has 0 aliphatic heterocycles. The predicted octanol–water partition coefficient (Wildman–Crippen LogP) is 2.21. The molecule has 0 bridgehead atoms. The molecular formula is C21H23FN4O4. The third kappa shape index (κ3) is 7.70. The highest BCUT2D eigenvalue weighted by atomic mass is 19.1. The maximum absolute atomic E-state index is 12.9. The monoisotopic (exact) mass is 414 g/mol. The molecule has 0 saturated carbocycles. The van der Waals surface area contributed by atoms with E-state index in [-0.39, 0.29) is 24.4 Å². The Bertz CT molecular complexity index is 898. The lowest BCUT2D eigenvalue weighted by molar-refractivity contribution is -0.139. The molecule has 1 atom stereocenters. The van der Waals surface area contributed by atoms with Crippen molar-refractivity contribution in [3.05, 3.63) is 59.9 Å². The van der Waals surface area contributed by atoms with Crippen molar-refractivity contribution in [3.63, 3.8) is 0 Å². The van der Waals surface area contributed by atoms with Crippen molar-refractivity contribution in [1.29, 1.82) is 0 Å². The van der Waals surface area contributed by atoms with E-state index in [2.05, 4.69) is 21.2 Å². The zero-order chi connectivity index (χ0) is 21.9. The van der Waals surface area contributed by atoms with Crippen LogP contribution in [-0.4, -0.2) is 36.6 Å². The van der Waals surface area contributed by atoms with E-state index in [1.165, 1.54) is 30.5 Å². The minimum Gasteiger partial charge on any atom is -0.484 e. The summed E-state index contributed by atoms with van der Waals surface area (Å²) < 4.78 is 18.2. The Hall–Kier alpha value is -3.75. The minimum atomic E-state index is -0.848. The van der Waals surface area contributed by atoms with Crippen molar-refractivity contribution in [2.24, 2.45) is 5.10 Å². The average molecular weight is 414 g/mol. The van der Waals surface area contributed by atoms with Crippen LogP contribution in [0.5, 0.6) is 5.75 Å². The fraction of sp³-hybridized carbons (Fsp3) is 0.238. The normalized spacial score (nSPS) is 11.6. The summed E-state index contributed by atoms with van der Waals surface area (Å²) in [6.45, 7) is 3.48. The number of carbonyl (C=O) groups excluding carboxylic acids is 3. The first-order chi connectivity index (χ1) is 14.4. The summed E-state index contributed by atoms with van der Waals surface area (Å²) >= 11 is 0. The molecule has 0 spiro atoms. The number of hydrazone groups is 1. The van der Waals surface area contributed by atoms with E-state index < -0.39 is 11.8 Å². The van der Waals surface area contributed by atoms with Gasteiger partial charge in [-0.15, -0.1) is 0 Å². The van der Waals surface area contributed by atoms with E-state index >= 15 is 0 Å². The Kier molecular flexibility index (Phi) is 8.49. The van der Waals surface area contributed by atoms with E-state index in [4.69, 9.17) is 4.74 Å². The van der Waals surface area contributed by atoms with Crippen LogP contribution in [0.4, 0.5) is 10.1 Å². The minimum absolute atomic E-state index is 0.0995. The van der Waals surface area contributed by atoms with Gasteiger partial charge in [0.2, 0.25) is 0 Å². The summed E-state index contributed by atoms with van der Waals surface area (Å²) in [6.07, 6.45) is 2.09. The number of halogens is 1. The highest BCUT2D eigenvalue weighted by Crippen LogP contribution is 2.12. The van der Waals surface area contributed by atoms with Gasteiger partial charge in [-0.2, -0.15) is 5.10 Å². The number of hydrogen-bond acceptors (Lipinski definition) is 5. The standard InChI is InChI=1S/C21H23FN4O4/c1-3-14(2)24-20(28)21(29)26-23-12-15-4-10-18(11-5-15)30-13-19(27)25-17-8-6-16(22)7-9-17/h4-12,14H,3,13H2,1-2H3,(H,24,28)(H,25,27)(H,26,29)/b23-12-/t14-/m0/s1. The van der Waals surface area contributed by atoms with Crippen LogP contribution in [0.15, 0.2) is 53.6 Å². The van der Waals surface area contributed by atoms with Crippen LogP contribution in [0, 0.1) is 5.82 Å².